The van der Waals surface area contributed by atoms with Crippen molar-refractivity contribution in [1.82, 2.24) is 5.43 Å². The summed E-state index contributed by atoms with van der Waals surface area (Å²) in [4.78, 5) is 12.0. The fourth-order valence-corrected chi connectivity index (χ4v) is 3.09. The van der Waals surface area contributed by atoms with Crippen LogP contribution in [-0.2, 0) is 6.61 Å². The highest BCUT2D eigenvalue weighted by Crippen LogP contribution is 2.36. The first-order valence-electron chi connectivity index (χ1n) is 8.70. The average Bonchev–Trinajstić information content (AvgIpc) is 2.73. The van der Waals surface area contributed by atoms with E-state index in [4.69, 9.17) is 9.47 Å². The largest absolute Gasteiger partial charge is 0.493 e. The van der Waals surface area contributed by atoms with Gasteiger partial charge in [0.05, 0.1) is 17.8 Å². The second kappa shape index (κ2) is 9.84. The van der Waals surface area contributed by atoms with Crippen molar-refractivity contribution in [2.24, 2.45) is 5.10 Å². The lowest BCUT2D eigenvalue weighted by Crippen LogP contribution is -2.17. The van der Waals surface area contributed by atoms with E-state index in [1.807, 2.05) is 30.3 Å². The van der Waals surface area contributed by atoms with E-state index in [0.29, 0.717) is 33.7 Å². The molecule has 3 aromatic rings. The smallest absolute Gasteiger partial charge is 0.271 e. The van der Waals surface area contributed by atoms with E-state index in [1.54, 1.807) is 19.2 Å². The lowest BCUT2D eigenvalue weighted by Gasteiger charge is -2.13. The Bertz CT molecular complexity index is 1010. The summed E-state index contributed by atoms with van der Waals surface area (Å²) in [6.45, 7) is 0.400. The second-order valence-corrected chi connectivity index (χ2v) is 6.87. The van der Waals surface area contributed by atoms with Crippen LogP contribution in [0.2, 0.25) is 0 Å². The van der Waals surface area contributed by atoms with Crippen LogP contribution in [0, 0.1) is 5.82 Å². The fraction of sp³-hybridized carbons (Fsp3) is 0.0909. The average molecular weight is 457 g/mol. The minimum absolute atomic E-state index is 0.312. The third-order valence-corrected chi connectivity index (χ3v) is 4.55. The van der Waals surface area contributed by atoms with Gasteiger partial charge in [0.1, 0.15) is 12.4 Å². The lowest BCUT2D eigenvalue weighted by atomic mass is 10.2. The number of rotatable bonds is 7. The van der Waals surface area contributed by atoms with E-state index in [9.17, 15) is 9.18 Å². The van der Waals surface area contributed by atoms with Crippen LogP contribution in [0.4, 0.5) is 4.39 Å². The van der Waals surface area contributed by atoms with Gasteiger partial charge in [-0.3, -0.25) is 4.79 Å². The molecule has 3 rings (SSSR count). The van der Waals surface area contributed by atoms with Gasteiger partial charge in [0, 0.05) is 5.56 Å². The number of halogens is 2. The molecule has 0 fully saturated rings. The van der Waals surface area contributed by atoms with Gasteiger partial charge in [-0.05, 0) is 63.5 Å². The van der Waals surface area contributed by atoms with E-state index in [2.05, 4.69) is 26.5 Å². The normalized spacial score (nSPS) is 10.7. The van der Waals surface area contributed by atoms with E-state index >= 15 is 0 Å². The van der Waals surface area contributed by atoms with Crippen molar-refractivity contribution in [2.45, 2.75) is 6.61 Å². The molecule has 29 heavy (non-hydrogen) atoms. The summed E-state index contributed by atoms with van der Waals surface area (Å²) < 4.78 is 24.9. The zero-order valence-electron chi connectivity index (χ0n) is 15.6. The monoisotopic (exact) mass is 456 g/mol. The quantitative estimate of drug-likeness (QED) is 0.404. The van der Waals surface area contributed by atoms with Crippen LogP contribution in [0.5, 0.6) is 11.5 Å². The Labute approximate surface area is 176 Å². The number of hydrazone groups is 1. The SMILES string of the molecule is COc1cc(/C=N\NC(=O)c2ccc(F)cc2)cc(Br)c1OCc1ccccc1. The van der Waals surface area contributed by atoms with Gasteiger partial charge in [-0.2, -0.15) is 5.10 Å². The van der Waals surface area contributed by atoms with Crippen molar-refractivity contribution in [3.63, 3.8) is 0 Å². The minimum atomic E-state index is -0.435. The van der Waals surface area contributed by atoms with Gasteiger partial charge in [-0.1, -0.05) is 30.3 Å². The first-order valence-corrected chi connectivity index (χ1v) is 9.49. The van der Waals surface area contributed by atoms with Gasteiger partial charge in [0.25, 0.3) is 5.91 Å². The topological polar surface area (TPSA) is 59.9 Å². The van der Waals surface area contributed by atoms with Gasteiger partial charge in [-0.15, -0.1) is 0 Å². The van der Waals surface area contributed by atoms with Crippen molar-refractivity contribution in [3.8, 4) is 11.5 Å². The zero-order chi connectivity index (χ0) is 20.6. The van der Waals surface area contributed by atoms with E-state index < -0.39 is 11.7 Å². The van der Waals surface area contributed by atoms with Crippen LogP contribution in [0.25, 0.3) is 0 Å². The van der Waals surface area contributed by atoms with Gasteiger partial charge < -0.3 is 9.47 Å². The van der Waals surface area contributed by atoms with Gasteiger partial charge >= 0.3 is 0 Å². The standard InChI is InChI=1S/C22H18BrFN2O3/c1-28-20-12-16(13-25-26-22(27)17-7-9-18(24)10-8-17)11-19(23)21(20)29-14-15-5-3-2-4-6-15/h2-13H,14H2,1H3,(H,26,27)/b25-13-. The summed E-state index contributed by atoms with van der Waals surface area (Å²) in [5.41, 5.74) is 4.45. The molecule has 0 unspecified atom stereocenters. The number of ether oxygens (including phenoxy) is 2. The number of nitrogens with zero attached hydrogens (tertiary/aromatic N) is 1. The molecule has 0 aliphatic heterocycles. The van der Waals surface area contributed by atoms with E-state index in [1.165, 1.54) is 30.5 Å². The Morgan fingerprint density at radius 1 is 1.14 bits per heavy atom. The minimum Gasteiger partial charge on any atom is -0.493 e. The number of nitrogens with one attached hydrogen (secondary N) is 1. The molecule has 0 spiro atoms. The molecule has 1 amide bonds. The molecule has 0 radical (unpaired) electrons. The molecule has 5 nitrogen and oxygen atoms in total. The predicted octanol–water partition coefficient (Wildman–Crippen LogP) is 4.94. The molecular weight excluding hydrogens is 439 g/mol. The van der Waals surface area contributed by atoms with Crippen molar-refractivity contribution < 1.29 is 18.7 Å². The maximum atomic E-state index is 12.9. The highest BCUT2D eigenvalue weighted by Gasteiger charge is 2.12. The number of hydrogen-bond donors (Lipinski definition) is 1. The molecule has 3 aromatic carbocycles. The lowest BCUT2D eigenvalue weighted by molar-refractivity contribution is 0.0955. The molecule has 0 saturated heterocycles. The summed E-state index contributed by atoms with van der Waals surface area (Å²) in [5, 5.41) is 3.94. The highest BCUT2D eigenvalue weighted by molar-refractivity contribution is 9.10. The molecule has 0 saturated carbocycles. The number of methoxy groups -OCH3 is 1. The van der Waals surface area contributed by atoms with Gasteiger partial charge in [0.15, 0.2) is 11.5 Å². The van der Waals surface area contributed by atoms with Gasteiger partial charge in [-0.25, -0.2) is 9.82 Å². The van der Waals surface area contributed by atoms with Crippen LogP contribution in [-0.4, -0.2) is 19.2 Å². The summed E-state index contributed by atoms with van der Waals surface area (Å²) >= 11 is 3.49. The maximum absolute atomic E-state index is 12.9. The van der Waals surface area contributed by atoms with Crippen molar-refractivity contribution in [1.29, 1.82) is 0 Å². The first kappa shape index (κ1) is 20.5. The molecule has 0 bridgehead atoms. The summed E-state index contributed by atoms with van der Waals surface area (Å²) in [5.74, 6) is 0.261. The number of benzene rings is 3. The third-order valence-electron chi connectivity index (χ3n) is 3.96. The highest BCUT2D eigenvalue weighted by atomic mass is 79.9. The van der Waals surface area contributed by atoms with Crippen LogP contribution < -0.4 is 14.9 Å². The molecular formula is C22H18BrFN2O3. The van der Waals surface area contributed by atoms with E-state index in [0.717, 1.165) is 5.56 Å². The molecule has 7 heteroatoms. The van der Waals surface area contributed by atoms with Crippen LogP contribution >= 0.6 is 15.9 Å². The second-order valence-electron chi connectivity index (χ2n) is 6.01. The summed E-state index contributed by atoms with van der Waals surface area (Å²) in [6, 6.07) is 18.6. The van der Waals surface area contributed by atoms with Crippen molar-refractivity contribution >= 4 is 28.1 Å². The van der Waals surface area contributed by atoms with Crippen LogP contribution in [0.3, 0.4) is 0 Å². The molecule has 0 aliphatic rings. The number of carbonyl (C=O) groups excluding carboxylic acids is 1. The summed E-state index contributed by atoms with van der Waals surface area (Å²) in [7, 11) is 1.55. The molecule has 0 aliphatic carbocycles. The number of hydrogen-bond acceptors (Lipinski definition) is 4. The Hall–Kier alpha value is -3.19. The number of amides is 1. The fourth-order valence-electron chi connectivity index (χ4n) is 2.52. The Balaban J connectivity index is 1.68. The summed E-state index contributed by atoms with van der Waals surface area (Å²) in [6.07, 6.45) is 1.48. The first-order chi connectivity index (χ1) is 14.1. The molecule has 148 valence electrons. The van der Waals surface area contributed by atoms with Crippen molar-refractivity contribution in [2.75, 3.05) is 7.11 Å². The zero-order valence-corrected chi connectivity index (χ0v) is 17.1. The van der Waals surface area contributed by atoms with Gasteiger partial charge in [0.2, 0.25) is 0 Å². The van der Waals surface area contributed by atoms with Crippen LogP contribution in [0.15, 0.2) is 76.3 Å². The Morgan fingerprint density at radius 2 is 1.86 bits per heavy atom. The maximum Gasteiger partial charge on any atom is 0.271 e. The predicted molar refractivity (Wildman–Crippen MR) is 113 cm³/mol. The van der Waals surface area contributed by atoms with Crippen molar-refractivity contribution in [3.05, 3.63) is 93.7 Å². The molecule has 0 aromatic heterocycles. The number of carbonyl (C=O) groups is 1. The molecule has 0 heterocycles. The molecule has 1 N–H and O–H groups in total. The Morgan fingerprint density at radius 3 is 2.55 bits per heavy atom. The van der Waals surface area contributed by atoms with Crippen LogP contribution in [0.1, 0.15) is 21.5 Å². The third kappa shape index (κ3) is 5.65. The molecule has 0 atom stereocenters. The van der Waals surface area contributed by atoms with E-state index in [-0.39, 0.29) is 0 Å². The Kier molecular flexibility index (Phi) is 6.97.